The third kappa shape index (κ3) is 1.19. The van der Waals surface area contributed by atoms with Crippen molar-refractivity contribution in [1.29, 1.82) is 0 Å². The van der Waals surface area contributed by atoms with E-state index in [2.05, 4.69) is 49.8 Å². The second-order valence-corrected chi connectivity index (χ2v) is 4.31. The summed E-state index contributed by atoms with van der Waals surface area (Å²) in [4.78, 5) is 4.23. The van der Waals surface area contributed by atoms with Gasteiger partial charge < -0.3 is 0 Å². The topological polar surface area (TPSA) is 17.3 Å². The van der Waals surface area contributed by atoms with E-state index in [1.807, 2.05) is 10.6 Å². The Morgan fingerprint density at radius 3 is 2.92 bits per heavy atom. The lowest BCUT2D eigenvalue weighted by Gasteiger charge is -1.99. The zero-order valence-electron chi connectivity index (χ0n) is 6.38. The van der Waals surface area contributed by atoms with Crippen molar-refractivity contribution in [3.8, 4) is 0 Å². The average Bonchev–Trinajstić information content (AvgIpc) is 2.33. The number of imidazole rings is 1. The maximum Gasteiger partial charge on any atom is 0.151 e. The predicted octanol–water partition coefficient (Wildman–Crippen LogP) is 3.17. The molecule has 2 heterocycles. The highest BCUT2D eigenvalue weighted by Crippen LogP contribution is 2.21. The number of hydrogen-bond acceptors (Lipinski definition) is 1. The van der Waals surface area contributed by atoms with Gasteiger partial charge in [-0.15, -0.1) is 0 Å². The van der Waals surface area contributed by atoms with Gasteiger partial charge in [0.05, 0.1) is 10.7 Å². The highest BCUT2D eigenvalue weighted by atomic mass is 79.9. The molecule has 0 amide bonds. The van der Waals surface area contributed by atoms with Crippen molar-refractivity contribution in [2.24, 2.45) is 0 Å². The summed E-state index contributed by atoms with van der Waals surface area (Å²) in [5.41, 5.74) is 2.14. The number of aryl methyl sites for hydroxylation is 1. The summed E-state index contributed by atoms with van der Waals surface area (Å²) in [7, 11) is 0. The van der Waals surface area contributed by atoms with Crippen LogP contribution in [0, 0.1) is 6.92 Å². The minimum atomic E-state index is 0.937. The Kier molecular flexibility index (Phi) is 1.96. The summed E-state index contributed by atoms with van der Waals surface area (Å²) < 4.78 is 3.99. The third-order valence-electron chi connectivity index (χ3n) is 1.65. The van der Waals surface area contributed by atoms with E-state index < -0.39 is 0 Å². The molecule has 0 N–H and O–H groups in total. The first-order chi connectivity index (χ1) is 5.68. The van der Waals surface area contributed by atoms with E-state index >= 15 is 0 Å². The standard InChI is InChI=1S/C8H6Br2N2/c1-5-2-6(9)8-11-3-7(10)12(8)4-5/h2-4H,1H3. The molecular formula is C8H6Br2N2. The molecule has 0 aromatic carbocycles. The van der Waals surface area contributed by atoms with Crippen LogP contribution in [0.2, 0.25) is 0 Å². The van der Waals surface area contributed by atoms with Crippen LogP contribution in [-0.2, 0) is 0 Å². The minimum Gasteiger partial charge on any atom is -0.293 e. The Hall–Kier alpha value is -0.350. The van der Waals surface area contributed by atoms with Crippen LogP contribution < -0.4 is 0 Å². The first-order valence-electron chi connectivity index (χ1n) is 3.47. The summed E-state index contributed by atoms with van der Waals surface area (Å²) in [5.74, 6) is 0. The molecule has 2 aromatic heterocycles. The van der Waals surface area contributed by atoms with Crippen molar-refractivity contribution >= 4 is 37.5 Å². The quantitative estimate of drug-likeness (QED) is 0.728. The number of rotatable bonds is 0. The van der Waals surface area contributed by atoms with Crippen molar-refractivity contribution < 1.29 is 0 Å². The molecule has 0 aliphatic rings. The molecule has 2 aromatic rings. The highest BCUT2D eigenvalue weighted by Gasteiger charge is 2.03. The zero-order valence-corrected chi connectivity index (χ0v) is 9.55. The molecule has 2 nitrogen and oxygen atoms in total. The van der Waals surface area contributed by atoms with E-state index in [0.717, 1.165) is 14.7 Å². The summed E-state index contributed by atoms with van der Waals surface area (Å²) >= 11 is 6.87. The Morgan fingerprint density at radius 2 is 2.17 bits per heavy atom. The molecular weight excluding hydrogens is 284 g/mol. The van der Waals surface area contributed by atoms with Gasteiger partial charge in [0, 0.05) is 6.20 Å². The largest absolute Gasteiger partial charge is 0.293 e. The van der Waals surface area contributed by atoms with Crippen LogP contribution in [0.4, 0.5) is 0 Å². The molecule has 12 heavy (non-hydrogen) atoms. The molecule has 4 heteroatoms. The van der Waals surface area contributed by atoms with E-state index in [-0.39, 0.29) is 0 Å². The van der Waals surface area contributed by atoms with Gasteiger partial charge in [0.25, 0.3) is 0 Å². The van der Waals surface area contributed by atoms with Crippen LogP contribution in [0.25, 0.3) is 5.65 Å². The van der Waals surface area contributed by atoms with E-state index in [1.165, 1.54) is 5.56 Å². The smallest absolute Gasteiger partial charge is 0.151 e. The van der Waals surface area contributed by atoms with Crippen LogP contribution in [0.3, 0.4) is 0 Å². The Labute approximate surface area is 86.9 Å². The highest BCUT2D eigenvalue weighted by molar-refractivity contribution is 9.11. The molecule has 0 unspecified atom stereocenters. The van der Waals surface area contributed by atoms with Crippen LogP contribution in [0.15, 0.2) is 27.5 Å². The summed E-state index contributed by atoms with van der Waals surface area (Å²) in [6.45, 7) is 2.05. The zero-order chi connectivity index (χ0) is 8.72. The van der Waals surface area contributed by atoms with Gasteiger partial charge in [-0.3, -0.25) is 4.40 Å². The Morgan fingerprint density at radius 1 is 1.42 bits per heavy atom. The van der Waals surface area contributed by atoms with Crippen molar-refractivity contribution in [3.63, 3.8) is 0 Å². The number of hydrogen-bond donors (Lipinski definition) is 0. The van der Waals surface area contributed by atoms with Gasteiger partial charge in [0.1, 0.15) is 4.60 Å². The minimum absolute atomic E-state index is 0.937. The number of pyridine rings is 1. The monoisotopic (exact) mass is 288 g/mol. The molecule has 62 valence electrons. The van der Waals surface area contributed by atoms with Crippen molar-refractivity contribution in [1.82, 2.24) is 9.38 Å². The fraction of sp³-hybridized carbons (Fsp3) is 0.125. The molecule has 0 fully saturated rings. The van der Waals surface area contributed by atoms with Gasteiger partial charge in [-0.25, -0.2) is 4.98 Å². The maximum absolute atomic E-state index is 4.23. The van der Waals surface area contributed by atoms with Gasteiger partial charge in [0.2, 0.25) is 0 Å². The molecule has 0 saturated carbocycles. The van der Waals surface area contributed by atoms with Crippen molar-refractivity contribution in [2.75, 3.05) is 0 Å². The van der Waals surface area contributed by atoms with Gasteiger partial charge in [-0.2, -0.15) is 0 Å². The third-order valence-corrected chi connectivity index (χ3v) is 2.82. The number of aromatic nitrogens is 2. The van der Waals surface area contributed by atoms with Crippen molar-refractivity contribution in [2.45, 2.75) is 6.92 Å². The Bertz CT molecular complexity index is 434. The van der Waals surface area contributed by atoms with Crippen LogP contribution >= 0.6 is 31.9 Å². The summed E-state index contributed by atoms with van der Waals surface area (Å²) in [5, 5.41) is 0. The molecule has 0 saturated heterocycles. The number of nitrogens with zero attached hydrogens (tertiary/aromatic N) is 2. The molecule has 0 aliphatic heterocycles. The lowest BCUT2D eigenvalue weighted by atomic mass is 10.3. The second-order valence-electron chi connectivity index (χ2n) is 2.64. The number of fused-ring (bicyclic) bond motifs is 1. The van der Waals surface area contributed by atoms with Gasteiger partial charge in [-0.1, -0.05) is 0 Å². The normalized spacial score (nSPS) is 10.9. The summed E-state index contributed by atoms with van der Waals surface area (Å²) in [6, 6.07) is 2.05. The Balaban J connectivity index is 2.92. The molecule has 0 bridgehead atoms. The first kappa shape index (κ1) is 8.26. The van der Waals surface area contributed by atoms with E-state index in [4.69, 9.17) is 0 Å². The average molecular weight is 290 g/mol. The number of halogens is 2. The van der Waals surface area contributed by atoms with Gasteiger partial charge in [0.15, 0.2) is 5.65 Å². The molecule has 0 radical (unpaired) electrons. The van der Waals surface area contributed by atoms with Crippen LogP contribution in [-0.4, -0.2) is 9.38 Å². The first-order valence-corrected chi connectivity index (χ1v) is 5.06. The van der Waals surface area contributed by atoms with E-state index in [9.17, 15) is 0 Å². The summed E-state index contributed by atoms with van der Waals surface area (Å²) in [6.07, 6.45) is 3.83. The molecule has 2 rings (SSSR count). The van der Waals surface area contributed by atoms with Gasteiger partial charge in [-0.05, 0) is 50.4 Å². The molecule has 0 spiro atoms. The maximum atomic E-state index is 4.23. The molecule has 0 atom stereocenters. The molecule has 0 aliphatic carbocycles. The fourth-order valence-corrected chi connectivity index (χ4v) is 2.17. The van der Waals surface area contributed by atoms with Gasteiger partial charge >= 0.3 is 0 Å². The SMILES string of the molecule is Cc1cc(Br)c2ncc(Br)n2c1. The van der Waals surface area contributed by atoms with E-state index in [0.29, 0.717) is 0 Å². The second kappa shape index (κ2) is 2.85. The lowest BCUT2D eigenvalue weighted by Crippen LogP contribution is -1.87. The van der Waals surface area contributed by atoms with Crippen LogP contribution in [0.5, 0.6) is 0 Å². The predicted molar refractivity (Wildman–Crippen MR) is 55.3 cm³/mol. The lowest BCUT2D eigenvalue weighted by molar-refractivity contribution is 1.12. The van der Waals surface area contributed by atoms with Crippen molar-refractivity contribution in [3.05, 3.63) is 33.1 Å². The van der Waals surface area contributed by atoms with E-state index in [1.54, 1.807) is 6.20 Å². The van der Waals surface area contributed by atoms with Crippen LogP contribution in [0.1, 0.15) is 5.56 Å². The fourth-order valence-electron chi connectivity index (χ4n) is 1.14.